The van der Waals surface area contributed by atoms with Crippen LogP contribution in [0.4, 0.5) is 0 Å². The van der Waals surface area contributed by atoms with Gasteiger partial charge in [0.15, 0.2) is 11.5 Å². The molecule has 3 heterocycles. The third-order valence-electron chi connectivity index (χ3n) is 6.39. The highest BCUT2D eigenvalue weighted by Gasteiger charge is 2.30. The van der Waals surface area contributed by atoms with Crippen LogP contribution in [-0.4, -0.2) is 35.0 Å². The van der Waals surface area contributed by atoms with E-state index in [2.05, 4.69) is 41.3 Å². The fraction of sp³-hybridized carbons (Fsp3) is 0.259. The average Bonchev–Trinajstić information content (AvgIpc) is 2.83. The van der Waals surface area contributed by atoms with Crippen LogP contribution in [-0.2, 0) is 13.0 Å². The molecule has 33 heavy (non-hydrogen) atoms. The maximum absolute atomic E-state index is 12.8. The minimum absolute atomic E-state index is 0.0208. The van der Waals surface area contributed by atoms with Crippen LogP contribution in [0, 0.1) is 6.92 Å². The Balaban J connectivity index is 1.59. The largest absolute Gasteiger partial charge is 0.493 e. The first-order chi connectivity index (χ1) is 16.1. The van der Waals surface area contributed by atoms with Gasteiger partial charge in [-0.1, -0.05) is 36.4 Å². The fourth-order valence-corrected chi connectivity index (χ4v) is 4.85. The molecule has 2 aromatic carbocycles. The van der Waals surface area contributed by atoms with Gasteiger partial charge in [-0.3, -0.25) is 14.1 Å². The molecule has 0 radical (unpaired) electrons. The molecule has 1 aliphatic heterocycles. The molecule has 6 heteroatoms. The van der Waals surface area contributed by atoms with Crippen molar-refractivity contribution in [1.29, 1.82) is 0 Å². The van der Waals surface area contributed by atoms with E-state index in [4.69, 9.17) is 14.5 Å². The molecule has 0 N–H and O–H groups in total. The summed E-state index contributed by atoms with van der Waals surface area (Å²) in [6, 6.07) is 22.0. The van der Waals surface area contributed by atoms with Crippen LogP contribution in [0.5, 0.6) is 11.5 Å². The Morgan fingerprint density at radius 3 is 2.48 bits per heavy atom. The molecule has 0 saturated heterocycles. The van der Waals surface area contributed by atoms with Gasteiger partial charge in [0, 0.05) is 24.8 Å². The van der Waals surface area contributed by atoms with Crippen LogP contribution >= 0.6 is 0 Å². The van der Waals surface area contributed by atoms with E-state index in [1.165, 1.54) is 16.7 Å². The standard InChI is InChI=1S/C27H27N3O3/c1-18-8-7-11-25-28-21(15-26(31)30(18)25)17-29-13-12-20-14-23(32-2)24(33-3)16-22(20)27(29)19-9-5-4-6-10-19/h4-11,14-16,27H,12-13,17H2,1-3H3/t27-/m1/s1. The summed E-state index contributed by atoms with van der Waals surface area (Å²) in [7, 11) is 3.33. The lowest BCUT2D eigenvalue weighted by molar-refractivity contribution is 0.201. The predicted octanol–water partition coefficient (Wildman–Crippen LogP) is 4.17. The Hall–Kier alpha value is -3.64. The van der Waals surface area contributed by atoms with Crippen molar-refractivity contribution in [3.8, 4) is 11.5 Å². The first-order valence-electron chi connectivity index (χ1n) is 11.1. The molecule has 5 rings (SSSR count). The molecule has 1 atom stereocenters. The number of aromatic nitrogens is 2. The molecule has 0 saturated carbocycles. The molecule has 168 valence electrons. The Labute approximate surface area is 193 Å². The molecule has 4 aromatic rings. The van der Waals surface area contributed by atoms with Gasteiger partial charge in [-0.05, 0) is 54.3 Å². The fourth-order valence-electron chi connectivity index (χ4n) is 4.85. The van der Waals surface area contributed by atoms with Crippen molar-refractivity contribution in [2.24, 2.45) is 0 Å². The van der Waals surface area contributed by atoms with E-state index in [0.717, 1.165) is 35.9 Å². The number of benzene rings is 2. The summed E-state index contributed by atoms with van der Waals surface area (Å²) in [5, 5.41) is 0. The third-order valence-corrected chi connectivity index (χ3v) is 6.39. The molecular formula is C27H27N3O3. The molecule has 0 bridgehead atoms. The van der Waals surface area contributed by atoms with Crippen molar-refractivity contribution in [1.82, 2.24) is 14.3 Å². The minimum Gasteiger partial charge on any atom is -0.493 e. The van der Waals surface area contributed by atoms with E-state index in [-0.39, 0.29) is 11.6 Å². The summed E-state index contributed by atoms with van der Waals surface area (Å²) in [5.74, 6) is 1.47. The van der Waals surface area contributed by atoms with Crippen LogP contribution in [0.15, 0.2) is 71.5 Å². The van der Waals surface area contributed by atoms with E-state index < -0.39 is 0 Å². The second kappa shape index (κ2) is 8.71. The summed E-state index contributed by atoms with van der Waals surface area (Å²) in [6.07, 6.45) is 0.880. The van der Waals surface area contributed by atoms with Crippen LogP contribution < -0.4 is 15.0 Å². The minimum atomic E-state index is -0.0480. The molecule has 1 aliphatic rings. The Bertz CT molecular complexity index is 1360. The first kappa shape index (κ1) is 21.2. The predicted molar refractivity (Wildman–Crippen MR) is 128 cm³/mol. The quantitative estimate of drug-likeness (QED) is 0.465. The monoisotopic (exact) mass is 441 g/mol. The summed E-state index contributed by atoms with van der Waals surface area (Å²) in [4.78, 5) is 20.0. The topological polar surface area (TPSA) is 56.1 Å². The zero-order valence-corrected chi connectivity index (χ0v) is 19.1. The van der Waals surface area contributed by atoms with Gasteiger partial charge in [-0.2, -0.15) is 0 Å². The van der Waals surface area contributed by atoms with Gasteiger partial charge in [-0.25, -0.2) is 4.98 Å². The molecule has 6 nitrogen and oxygen atoms in total. The molecule has 0 fully saturated rings. The van der Waals surface area contributed by atoms with Gasteiger partial charge in [0.05, 0.1) is 26.0 Å². The Morgan fingerprint density at radius 2 is 1.73 bits per heavy atom. The first-order valence-corrected chi connectivity index (χ1v) is 11.1. The van der Waals surface area contributed by atoms with Crippen LogP contribution in [0.1, 0.15) is 34.1 Å². The summed E-state index contributed by atoms with van der Waals surface area (Å²) >= 11 is 0. The molecule has 0 aliphatic carbocycles. The van der Waals surface area contributed by atoms with E-state index in [1.54, 1.807) is 24.7 Å². The maximum atomic E-state index is 12.8. The second-order valence-electron chi connectivity index (χ2n) is 8.39. The SMILES string of the molecule is COc1cc2c(cc1OC)[C@@H](c1ccccc1)N(Cc1cc(=O)n3c(C)cccc3n1)CC2. The van der Waals surface area contributed by atoms with Crippen LogP contribution in [0.2, 0.25) is 0 Å². The van der Waals surface area contributed by atoms with Gasteiger partial charge >= 0.3 is 0 Å². The van der Waals surface area contributed by atoms with Crippen molar-refractivity contribution in [3.05, 3.63) is 105 Å². The number of aryl methyl sites for hydroxylation is 1. The summed E-state index contributed by atoms with van der Waals surface area (Å²) < 4.78 is 12.8. The number of hydrogen-bond acceptors (Lipinski definition) is 5. The number of hydrogen-bond donors (Lipinski definition) is 0. The number of nitrogens with zero attached hydrogens (tertiary/aromatic N) is 3. The number of fused-ring (bicyclic) bond motifs is 2. The normalized spacial score (nSPS) is 15.9. The number of methoxy groups -OCH3 is 2. The lowest BCUT2D eigenvalue weighted by atomic mass is 9.87. The van der Waals surface area contributed by atoms with Crippen molar-refractivity contribution < 1.29 is 9.47 Å². The van der Waals surface area contributed by atoms with Gasteiger partial charge in [0.25, 0.3) is 5.56 Å². The van der Waals surface area contributed by atoms with Gasteiger partial charge < -0.3 is 9.47 Å². The smallest absolute Gasteiger partial charge is 0.258 e. The van der Waals surface area contributed by atoms with Crippen molar-refractivity contribution in [3.63, 3.8) is 0 Å². The van der Waals surface area contributed by atoms with Crippen molar-refractivity contribution in [2.75, 3.05) is 20.8 Å². The molecular weight excluding hydrogens is 414 g/mol. The van der Waals surface area contributed by atoms with E-state index in [0.29, 0.717) is 12.2 Å². The Kier molecular flexibility index (Phi) is 5.60. The van der Waals surface area contributed by atoms with Gasteiger partial charge in [-0.15, -0.1) is 0 Å². The van der Waals surface area contributed by atoms with Gasteiger partial charge in [0.1, 0.15) is 5.65 Å². The summed E-state index contributed by atoms with van der Waals surface area (Å²) in [5.41, 5.74) is 5.92. The lowest BCUT2D eigenvalue weighted by Crippen LogP contribution is -2.36. The highest BCUT2D eigenvalue weighted by molar-refractivity contribution is 5.51. The second-order valence-corrected chi connectivity index (χ2v) is 8.39. The average molecular weight is 442 g/mol. The van der Waals surface area contributed by atoms with Crippen molar-refractivity contribution in [2.45, 2.75) is 25.9 Å². The molecule has 0 amide bonds. The summed E-state index contributed by atoms with van der Waals surface area (Å²) in [6.45, 7) is 3.34. The maximum Gasteiger partial charge on any atom is 0.258 e. The molecule has 0 unspecified atom stereocenters. The van der Waals surface area contributed by atoms with Crippen molar-refractivity contribution >= 4 is 5.65 Å². The molecule has 0 spiro atoms. The number of rotatable bonds is 5. The zero-order valence-electron chi connectivity index (χ0n) is 19.1. The van der Waals surface area contributed by atoms with E-state index in [9.17, 15) is 4.79 Å². The molecule has 2 aromatic heterocycles. The Morgan fingerprint density at radius 1 is 0.970 bits per heavy atom. The van der Waals surface area contributed by atoms with Gasteiger partial charge in [0.2, 0.25) is 0 Å². The highest BCUT2D eigenvalue weighted by Crippen LogP contribution is 2.41. The highest BCUT2D eigenvalue weighted by atomic mass is 16.5. The van der Waals surface area contributed by atoms with Crippen LogP contribution in [0.3, 0.4) is 0 Å². The number of pyridine rings is 1. The number of ether oxygens (including phenoxy) is 2. The van der Waals surface area contributed by atoms with E-state index >= 15 is 0 Å². The third kappa shape index (κ3) is 3.87. The van der Waals surface area contributed by atoms with Crippen LogP contribution in [0.25, 0.3) is 5.65 Å². The zero-order chi connectivity index (χ0) is 22.9. The lowest BCUT2D eigenvalue weighted by Gasteiger charge is -2.38. The van der Waals surface area contributed by atoms with E-state index in [1.807, 2.05) is 31.2 Å².